The third-order valence-corrected chi connectivity index (χ3v) is 5.39. The molecule has 0 spiro atoms. The number of pyridine rings is 1. The smallest absolute Gasteiger partial charge is 0.230 e. The van der Waals surface area contributed by atoms with E-state index in [0.717, 1.165) is 16.7 Å². The molecule has 0 radical (unpaired) electrons. The van der Waals surface area contributed by atoms with E-state index < -0.39 is 0 Å². The number of hydrogen-bond acceptors (Lipinski definition) is 4. The predicted molar refractivity (Wildman–Crippen MR) is 114 cm³/mol. The number of amides is 2. The van der Waals surface area contributed by atoms with E-state index >= 15 is 0 Å². The first-order valence-electron chi connectivity index (χ1n) is 10.0. The second-order valence-electron chi connectivity index (χ2n) is 7.84. The van der Waals surface area contributed by atoms with Crippen molar-refractivity contribution in [1.82, 2.24) is 19.7 Å². The Kier molecular flexibility index (Phi) is 5.61. The number of aryl methyl sites for hydroxylation is 2. The largest absolute Gasteiger partial charge is 0.338 e. The Morgan fingerprint density at radius 1 is 1.13 bits per heavy atom. The molecule has 1 aromatic carbocycles. The van der Waals surface area contributed by atoms with Crippen molar-refractivity contribution in [3.63, 3.8) is 0 Å². The van der Waals surface area contributed by atoms with Crippen LogP contribution in [0.2, 0.25) is 0 Å². The van der Waals surface area contributed by atoms with Crippen LogP contribution in [0.25, 0.3) is 0 Å². The molecule has 1 saturated heterocycles. The molecule has 2 aromatic heterocycles. The summed E-state index contributed by atoms with van der Waals surface area (Å²) in [4.78, 5) is 31.1. The van der Waals surface area contributed by atoms with Crippen molar-refractivity contribution in [2.45, 2.75) is 33.4 Å². The molecule has 3 heterocycles. The third kappa shape index (κ3) is 4.40. The van der Waals surface area contributed by atoms with E-state index in [9.17, 15) is 9.59 Å². The van der Waals surface area contributed by atoms with Crippen molar-refractivity contribution in [3.8, 4) is 0 Å². The summed E-state index contributed by atoms with van der Waals surface area (Å²) in [6, 6.07) is 12.0. The van der Waals surface area contributed by atoms with Gasteiger partial charge in [0.15, 0.2) is 0 Å². The molecule has 1 fully saturated rings. The van der Waals surface area contributed by atoms with Crippen LogP contribution in [-0.2, 0) is 22.7 Å². The molecule has 1 unspecified atom stereocenters. The van der Waals surface area contributed by atoms with Gasteiger partial charge in [-0.1, -0.05) is 29.8 Å². The molecular weight excluding hydrogens is 378 g/mol. The molecule has 0 saturated carbocycles. The van der Waals surface area contributed by atoms with Gasteiger partial charge in [-0.15, -0.1) is 0 Å². The van der Waals surface area contributed by atoms with Gasteiger partial charge in [-0.2, -0.15) is 5.10 Å². The van der Waals surface area contributed by atoms with Crippen LogP contribution < -0.4 is 5.32 Å². The molecular formula is C23H25N5O2. The zero-order valence-corrected chi connectivity index (χ0v) is 17.2. The van der Waals surface area contributed by atoms with Crippen LogP contribution in [0, 0.1) is 19.8 Å². The lowest BCUT2D eigenvalue weighted by Gasteiger charge is -2.17. The minimum atomic E-state index is -0.374. The maximum Gasteiger partial charge on any atom is 0.230 e. The number of nitrogens with zero attached hydrogens (tertiary/aromatic N) is 4. The molecule has 30 heavy (non-hydrogen) atoms. The van der Waals surface area contributed by atoms with Crippen LogP contribution in [0.15, 0.2) is 55.0 Å². The van der Waals surface area contributed by atoms with Crippen molar-refractivity contribution in [3.05, 3.63) is 77.2 Å². The van der Waals surface area contributed by atoms with E-state index in [4.69, 9.17) is 0 Å². The molecule has 1 N–H and O–H groups in total. The Labute approximate surface area is 175 Å². The van der Waals surface area contributed by atoms with Gasteiger partial charge in [-0.25, -0.2) is 4.68 Å². The van der Waals surface area contributed by atoms with Crippen molar-refractivity contribution < 1.29 is 9.59 Å². The Balaban J connectivity index is 1.43. The van der Waals surface area contributed by atoms with Gasteiger partial charge >= 0.3 is 0 Å². The second kappa shape index (κ2) is 8.49. The highest BCUT2D eigenvalue weighted by Gasteiger charge is 2.34. The van der Waals surface area contributed by atoms with E-state index in [1.165, 1.54) is 5.56 Å². The van der Waals surface area contributed by atoms with E-state index in [-0.39, 0.29) is 24.2 Å². The first kappa shape index (κ1) is 19.8. The molecule has 2 amide bonds. The minimum Gasteiger partial charge on any atom is -0.338 e. The number of aromatic nitrogens is 3. The van der Waals surface area contributed by atoms with Crippen molar-refractivity contribution in [2.75, 3.05) is 11.9 Å². The lowest BCUT2D eigenvalue weighted by molar-refractivity contribution is -0.128. The summed E-state index contributed by atoms with van der Waals surface area (Å²) in [6.07, 6.45) is 5.39. The molecule has 7 nitrogen and oxygen atoms in total. The van der Waals surface area contributed by atoms with Crippen LogP contribution >= 0.6 is 0 Å². The summed E-state index contributed by atoms with van der Waals surface area (Å²) in [7, 11) is 0. The van der Waals surface area contributed by atoms with Crippen LogP contribution in [0.3, 0.4) is 0 Å². The second-order valence-corrected chi connectivity index (χ2v) is 7.84. The molecule has 7 heteroatoms. The maximum atomic E-state index is 12.9. The highest BCUT2D eigenvalue weighted by Crippen LogP contribution is 2.23. The normalized spacial score (nSPS) is 16.1. The Hall–Kier alpha value is -3.48. The highest BCUT2D eigenvalue weighted by atomic mass is 16.2. The summed E-state index contributed by atoms with van der Waals surface area (Å²) < 4.78 is 1.80. The van der Waals surface area contributed by atoms with Crippen LogP contribution in [0.5, 0.6) is 0 Å². The Morgan fingerprint density at radius 2 is 1.93 bits per heavy atom. The van der Waals surface area contributed by atoms with E-state index in [2.05, 4.69) is 34.5 Å². The average molecular weight is 403 g/mol. The summed E-state index contributed by atoms with van der Waals surface area (Å²) in [6.45, 7) is 5.46. The first-order chi connectivity index (χ1) is 14.5. The highest BCUT2D eigenvalue weighted by molar-refractivity contribution is 5.97. The van der Waals surface area contributed by atoms with Gasteiger partial charge in [-0.05, 0) is 37.1 Å². The molecule has 0 bridgehead atoms. The van der Waals surface area contributed by atoms with Crippen LogP contribution in [-0.4, -0.2) is 38.0 Å². The summed E-state index contributed by atoms with van der Waals surface area (Å²) in [5, 5.41) is 7.44. The quantitative estimate of drug-likeness (QED) is 0.686. The van der Waals surface area contributed by atoms with Gasteiger partial charge < -0.3 is 10.2 Å². The lowest BCUT2D eigenvalue weighted by Crippen LogP contribution is -2.28. The van der Waals surface area contributed by atoms with Crippen molar-refractivity contribution in [1.29, 1.82) is 0 Å². The minimum absolute atomic E-state index is 0.00282. The van der Waals surface area contributed by atoms with Gasteiger partial charge in [-0.3, -0.25) is 14.6 Å². The lowest BCUT2D eigenvalue weighted by atomic mass is 10.1. The molecule has 4 rings (SSSR count). The molecule has 3 aromatic rings. The SMILES string of the molecule is Cc1cccc(Cn2ncc(C)c2NC(=O)C2CC(=O)N(Cc3ccncc3)C2)c1. The molecule has 1 aliphatic rings. The van der Waals surface area contributed by atoms with Crippen LogP contribution in [0.4, 0.5) is 5.82 Å². The fraction of sp³-hybridized carbons (Fsp3) is 0.304. The summed E-state index contributed by atoms with van der Waals surface area (Å²) in [5.74, 6) is 0.161. The summed E-state index contributed by atoms with van der Waals surface area (Å²) >= 11 is 0. The fourth-order valence-corrected chi connectivity index (χ4v) is 3.77. The fourth-order valence-electron chi connectivity index (χ4n) is 3.77. The van der Waals surface area contributed by atoms with Gasteiger partial charge in [0.1, 0.15) is 5.82 Å². The molecule has 154 valence electrons. The zero-order valence-electron chi connectivity index (χ0n) is 17.2. The number of carbonyl (C=O) groups excluding carboxylic acids is 2. The maximum absolute atomic E-state index is 12.9. The zero-order chi connectivity index (χ0) is 21.1. The average Bonchev–Trinajstić information content (AvgIpc) is 3.26. The van der Waals surface area contributed by atoms with Gasteiger partial charge in [0.2, 0.25) is 11.8 Å². The number of anilines is 1. The van der Waals surface area contributed by atoms with Crippen molar-refractivity contribution in [2.24, 2.45) is 5.92 Å². The summed E-state index contributed by atoms with van der Waals surface area (Å²) in [5.41, 5.74) is 4.20. The molecule has 0 aliphatic carbocycles. The number of carbonyl (C=O) groups is 2. The number of nitrogens with one attached hydrogen (secondary N) is 1. The van der Waals surface area contributed by atoms with E-state index in [0.29, 0.717) is 25.5 Å². The van der Waals surface area contributed by atoms with Gasteiger partial charge in [0.25, 0.3) is 0 Å². The topological polar surface area (TPSA) is 80.1 Å². The number of likely N-dealkylation sites (tertiary alicyclic amines) is 1. The monoisotopic (exact) mass is 403 g/mol. The van der Waals surface area contributed by atoms with E-state index in [1.54, 1.807) is 28.2 Å². The van der Waals surface area contributed by atoms with E-state index in [1.807, 2.05) is 31.2 Å². The van der Waals surface area contributed by atoms with Crippen molar-refractivity contribution >= 4 is 17.6 Å². The van der Waals surface area contributed by atoms with Gasteiger partial charge in [0, 0.05) is 37.5 Å². The molecule has 1 atom stereocenters. The molecule has 1 aliphatic heterocycles. The Morgan fingerprint density at radius 3 is 2.70 bits per heavy atom. The Bertz CT molecular complexity index is 1060. The number of hydrogen-bond donors (Lipinski definition) is 1. The number of benzene rings is 1. The van der Waals surface area contributed by atoms with Gasteiger partial charge in [0.05, 0.1) is 18.7 Å². The standard InChI is InChI=1S/C23H25N5O2/c1-16-4-3-5-19(10-16)14-28-22(17(2)12-25-28)26-23(30)20-11-21(29)27(15-20)13-18-6-8-24-9-7-18/h3-10,12,20H,11,13-15H2,1-2H3,(H,26,30). The first-order valence-corrected chi connectivity index (χ1v) is 10.0. The third-order valence-electron chi connectivity index (χ3n) is 5.39. The van der Waals surface area contributed by atoms with Crippen LogP contribution in [0.1, 0.15) is 28.7 Å². The predicted octanol–water partition coefficient (Wildman–Crippen LogP) is 2.93. The number of rotatable bonds is 6.